The summed E-state index contributed by atoms with van der Waals surface area (Å²) in [6.07, 6.45) is 4.69. The Labute approximate surface area is 116 Å². The van der Waals surface area contributed by atoms with Gasteiger partial charge in [0.05, 0.1) is 17.2 Å². The summed E-state index contributed by atoms with van der Waals surface area (Å²) in [5.41, 5.74) is 7.28. The molecule has 0 atom stereocenters. The van der Waals surface area contributed by atoms with Crippen LogP contribution >= 0.6 is 0 Å². The van der Waals surface area contributed by atoms with E-state index >= 15 is 0 Å². The number of nitro benzene ring substituents is 1. The largest absolute Gasteiger partial charge is 0.330 e. The summed E-state index contributed by atoms with van der Waals surface area (Å²) >= 11 is 0. The Hall–Kier alpha value is -2.28. The van der Waals surface area contributed by atoms with Gasteiger partial charge in [0, 0.05) is 18.3 Å². The molecule has 0 spiro atoms. The van der Waals surface area contributed by atoms with Crippen molar-refractivity contribution in [3.05, 3.63) is 51.8 Å². The Morgan fingerprint density at radius 1 is 1.35 bits per heavy atom. The first-order valence-electron chi connectivity index (χ1n) is 6.51. The van der Waals surface area contributed by atoms with E-state index in [-0.39, 0.29) is 5.69 Å². The summed E-state index contributed by atoms with van der Waals surface area (Å²) in [6.45, 7) is 1.16. The van der Waals surface area contributed by atoms with Gasteiger partial charge in [0.1, 0.15) is 0 Å². The van der Waals surface area contributed by atoms with Gasteiger partial charge in [-0.3, -0.25) is 10.1 Å². The molecule has 106 valence electrons. The van der Waals surface area contributed by atoms with E-state index < -0.39 is 4.92 Å². The summed E-state index contributed by atoms with van der Waals surface area (Å²) < 4.78 is 1.69. The molecule has 0 unspecified atom stereocenters. The second kappa shape index (κ2) is 6.76. The third kappa shape index (κ3) is 3.86. The van der Waals surface area contributed by atoms with Crippen LogP contribution in [0.1, 0.15) is 24.1 Å². The molecule has 0 aliphatic carbocycles. The molecule has 0 aliphatic heterocycles. The van der Waals surface area contributed by atoms with E-state index in [9.17, 15) is 10.1 Å². The number of nitrogens with zero attached hydrogens (tertiary/aromatic N) is 4. The molecular formula is C13H17N5O2. The first kappa shape index (κ1) is 14.1. The number of rotatable bonds is 7. The van der Waals surface area contributed by atoms with Gasteiger partial charge >= 0.3 is 0 Å². The lowest BCUT2D eigenvalue weighted by atomic mass is 10.2. The summed E-state index contributed by atoms with van der Waals surface area (Å²) in [5, 5.41) is 18.8. The van der Waals surface area contributed by atoms with Crippen LogP contribution in [-0.2, 0) is 13.0 Å². The molecule has 2 N–H and O–H groups in total. The molecule has 0 amide bonds. The summed E-state index contributed by atoms with van der Waals surface area (Å²) in [7, 11) is 0. The number of aromatic nitrogens is 3. The molecule has 0 fully saturated rings. The van der Waals surface area contributed by atoms with Crippen molar-refractivity contribution in [1.29, 1.82) is 0 Å². The zero-order chi connectivity index (χ0) is 14.4. The quantitative estimate of drug-likeness (QED) is 0.469. The third-order valence-electron chi connectivity index (χ3n) is 2.94. The molecule has 7 nitrogen and oxygen atoms in total. The predicted molar refractivity (Wildman–Crippen MR) is 74.2 cm³/mol. The molecule has 20 heavy (non-hydrogen) atoms. The predicted octanol–water partition coefficient (Wildman–Crippen LogP) is 1.52. The maximum absolute atomic E-state index is 10.7. The minimum absolute atomic E-state index is 0.0887. The summed E-state index contributed by atoms with van der Waals surface area (Å²) in [4.78, 5) is 10.3. The van der Waals surface area contributed by atoms with Crippen LogP contribution in [0.4, 0.5) is 5.69 Å². The van der Waals surface area contributed by atoms with Gasteiger partial charge in [-0.15, -0.1) is 5.10 Å². The topological polar surface area (TPSA) is 99.9 Å². The first-order chi connectivity index (χ1) is 9.69. The second-order valence-corrected chi connectivity index (χ2v) is 4.58. The molecule has 7 heteroatoms. The van der Waals surface area contributed by atoms with Crippen LogP contribution in [0.2, 0.25) is 0 Å². The maximum atomic E-state index is 10.7. The van der Waals surface area contributed by atoms with E-state index in [1.807, 2.05) is 12.3 Å². The molecule has 2 aromatic rings. The van der Waals surface area contributed by atoms with Crippen LogP contribution in [0.25, 0.3) is 0 Å². The molecule has 1 heterocycles. The number of benzene rings is 1. The highest BCUT2D eigenvalue weighted by atomic mass is 16.6. The van der Waals surface area contributed by atoms with Crippen molar-refractivity contribution in [2.75, 3.05) is 6.54 Å². The molecular weight excluding hydrogens is 258 g/mol. The lowest BCUT2D eigenvalue weighted by molar-refractivity contribution is -0.384. The van der Waals surface area contributed by atoms with Crippen LogP contribution in [0.3, 0.4) is 0 Å². The van der Waals surface area contributed by atoms with E-state index in [0.29, 0.717) is 13.1 Å². The Bertz CT molecular complexity index is 582. The fraction of sp³-hybridized carbons (Fsp3) is 0.385. The smallest absolute Gasteiger partial charge is 0.269 e. The normalized spacial score (nSPS) is 10.7. The van der Waals surface area contributed by atoms with Crippen molar-refractivity contribution in [2.24, 2.45) is 5.73 Å². The summed E-state index contributed by atoms with van der Waals surface area (Å²) in [5.74, 6) is 0. The number of hydrogen-bond acceptors (Lipinski definition) is 5. The highest BCUT2D eigenvalue weighted by molar-refractivity contribution is 5.34. The minimum Gasteiger partial charge on any atom is -0.330 e. The Balaban J connectivity index is 1.99. The van der Waals surface area contributed by atoms with Crippen LogP contribution in [0.5, 0.6) is 0 Å². The van der Waals surface area contributed by atoms with Crippen molar-refractivity contribution >= 4 is 5.69 Å². The number of non-ortho nitro benzene ring substituents is 1. The van der Waals surface area contributed by atoms with Gasteiger partial charge in [-0.25, -0.2) is 4.68 Å². The Kier molecular flexibility index (Phi) is 4.78. The number of aryl methyl sites for hydroxylation is 1. The maximum Gasteiger partial charge on any atom is 0.269 e. The van der Waals surface area contributed by atoms with E-state index in [0.717, 1.165) is 30.5 Å². The van der Waals surface area contributed by atoms with Crippen molar-refractivity contribution in [2.45, 2.75) is 25.8 Å². The van der Waals surface area contributed by atoms with Crippen molar-refractivity contribution in [3.8, 4) is 0 Å². The van der Waals surface area contributed by atoms with Crippen molar-refractivity contribution in [1.82, 2.24) is 15.0 Å². The van der Waals surface area contributed by atoms with Gasteiger partial charge in [0.15, 0.2) is 0 Å². The fourth-order valence-electron chi connectivity index (χ4n) is 1.94. The number of nitro groups is 1. The molecule has 1 aromatic heterocycles. The van der Waals surface area contributed by atoms with E-state index in [2.05, 4.69) is 10.3 Å². The molecule has 0 aliphatic rings. The highest BCUT2D eigenvalue weighted by Crippen LogP contribution is 2.14. The average Bonchev–Trinajstić information content (AvgIpc) is 2.87. The standard InChI is InChI=1S/C13H17N5O2/c14-7-2-1-5-12-10-17(16-15-12)9-11-4-3-6-13(8-11)18(19)20/h3-4,6,8,10H,1-2,5,7,9,14H2. The molecule has 0 saturated heterocycles. The van der Waals surface area contributed by atoms with Crippen LogP contribution in [0, 0.1) is 10.1 Å². The van der Waals surface area contributed by atoms with Crippen LogP contribution in [0.15, 0.2) is 30.5 Å². The highest BCUT2D eigenvalue weighted by Gasteiger charge is 2.07. The van der Waals surface area contributed by atoms with Crippen molar-refractivity contribution < 1.29 is 4.92 Å². The molecule has 0 radical (unpaired) electrons. The van der Waals surface area contributed by atoms with E-state index in [1.165, 1.54) is 6.07 Å². The van der Waals surface area contributed by atoms with Gasteiger partial charge in [-0.1, -0.05) is 17.3 Å². The van der Waals surface area contributed by atoms with Crippen LogP contribution < -0.4 is 5.73 Å². The van der Waals surface area contributed by atoms with Gasteiger partial charge in [0.25, 0.3) is 5.69 Å². The Morgan fingerprint density at radius 3 is 2.95 bits per heavy atom. The molecule has 0 saturated carbocycles. The van der Waals surface area contributed by atoms with Crippen LogP contribution in [-0.4, -0.2) is 26.5 Å². The Morgan fingerprint density at radius 2 is 2.20 bits per heavy atom. The molecule has 0 bridgehead atoms. The first-order valence-corrected chi connectivity index (χ1v) is 6.51. The number of nitrogens with two attached hydrogens (primary N) is 1. The fourth-order valence-corrected chi connectivity index (χ4v) is 1.94. The van der Waals surface area contributed by atoms with Crippen molar-refractivity contribution in [3.63, 3.8) is 0 Å². The van der Waals surface area contributed by atoms with E-state index in [1.54, 1.807) is 16.8 Å². The second-order valence-electron chi connectivity index (χ2n) is 4.58. The lowest BCUT2D eigenvalue weighted by Crippen LogP contribution is -2.01. The van der Waals surface area contributed by atoms with Gasteiger partial charge in [-0.2, -0.15) is 0 Å². The average molecular weight is 275 g/mol. The number of hydrogen-bond donors (Lipinski definition) is 1. The van der Waals surface area contributed by atoms with Gasteiger partial charge < -0.3 is 5.73 Å². The number of unbranched alkanes of at least 4 members (excludes halogenated alkanes) is 1. The van der Waals surface area contributed by atoms with E-state index in [4.69, 9.17) is 5.73 Å². The zero-order valence-electron chi connectivity index (χ0n) is 11.1. The molecule has 2 rings (SSSR count). The minimum atomic E-state index is -0.400. The SMILES string of the molecule is NCCCCc1cn(Cc2cccc([N+](=O)[O-])c2)nn1. The van der Waals surface area contributed by atoms with Gasteiger partial charge in [0.2, 0.25) is 0 Å². The monoisotopic (exact) mass is 275 g/mol. The summed E-state index contributed by atoms with van der Waals surface area (Å²) in [6, 6.07) is 6.54. The van der Waals surface area contributed by atoms with Gasteiger partial charge in [-0.05, 0) is 31.4 Å². The lowest BCUT2D eigenvalue weighted by Gasteiger charge is -2.00. The third-order valence-corrected chi connectivity index (χ3v) is 2.94. The zero-order valence-corrected chi connectivity index (χ0v) is 11.1. The molecule has 1 aromatic carbocycles.